The monoisotopic (exact) mass is 355 g/mol. The Morgan fingerprint density at radius 1 is 1.43 bits per heavy atom. The molecule has 3 N–H and O–H groups in total. The minimum Gasteiger partial charge on any atom is -0.396 e. The first kappa shape index (κ1) is 16.3. The normalized spacial score (nSPS) is 16.8. The number of hydrogen-bond donors (Lipinski definition) is 3. The number of aliphatic hydroxyl groups is 1. The lowest BCUT2D eigenvalue weighted by atomic mass is 10.1. The maximum absolute atomic E-state index is 12.0. The van der Waals surface area contributed by atoms with Crippen molar-refractivity contribution < 1.29 is 9.90 Å². The van der Waals surface area contributed by atoms with Gasteiger partial charge in [0.05, 0.1) is 5.69 Å². The fourth-order valence-corrected chi connectivity index (χ4v) is 3.24. The van der Waals surface area contributed by atoms with Gasteiger partial charge in [-0.3, -0.25) is 4.79 Å². The van der Waals surface area contributed by atoms with Crippen LogP contribution < -0.4 is 15.5 Å². The smallest absolute Gasteiger partial charge is 0.246 e. The van der Waals surface area contributed by atoms with Crippen LogP contribution in [0.4, 0.5) is 11.4 Å². The number of carbonyl (C=O) groups is 1. The number of fused-ring (bicyclic) bond motifs is 1. The lowest BCUT2D eigenvalue weighted by Gasteiger charge is -2.25. The van der Waals surface area contributed by atoms with Crippen LogP contribution in [-0.2, 0) is 4.79 Å². The fourth-order valence-electron chi connectivity index (χ4n) is 2.63. The number of hydrogen-bond acceptors (Lipinski definition) is 4. The molecule has 116 valence electrons. The number of likely N-dealkylation sites (N-methyl/N-ethyl adjacent to an activating group) is 1. The first-order valence-electron chi connectivity index (χ1n) is 7.35. The van der Waals surface area contributed by atoms with E-state index in [1.807, 2.05) is 19.1 Å². The Labute approximate surface area is 133 Å². The SMILES string of the molecule is CCNC1C(=O)Nc2cc(N(CC)CCCO)c(Br)cc21. The fraction of sp³-hybridized carbons (Fsp3) is 0.533. The molecule has 21 heavy (non-hydrogen) atoms. The minimum absolute atomic E-state index is 0.00527. The molecule has 0 radical (unpaired) electrons. The molecule has 1 atom stereocenters. The van der Waals surface area contributed by atoms with E-state index in [1.165, 1.54) is 0 Å². The number of halogens is 1. The minimum atomic E-state index is -0.275. The maximum atomic E-state index is 12.0. The van der Waals surface area contributed by atoms with Gasteiger partial charge in [-0.25, -0.2) is 0 Å². The number of benzene rings is 1. The molecule has 0 saturated heterocycles. The highest BCUT2D eigenvalue weighted by Gasteiger charge is 2.31. The molecule has 5 nitrogen and oxygen atoms in total. The molecule has 1 amide bonds. The van der Waals surface area contributed by atoms with Crippen molar-refractivity contribution >= 4 is 33.2 Å². The van der Waals surface area contributed by atoms with Gasteiger partial charge in [0.2, 0.25) is 5.91 Å². The third-order valence-electron chi connectivity index (χ3n) is 3.67. The molecule has 0 saturated carbocycles. The molecule has 1 aliphatic heterocycles. The molecule has 1 aromatic carbocycles. The molecule has 1 aliphatic rings. The van der Waals surface area contributed by atoms with Gasteiger partial charge in [0.15, 0.2) is 0 Å². The van der Waals surface area contributed by atoms with Gasteiger partial charge in [0.1, 0.15) is 6.04 Å². The standard InChI is InChI=1S/C15H22BrN3O2/c1-3-17-14-10-8-11(16)13(9-12(10)18-15(14)21)19(4-2)6-5-7-20/h8-9,14,17,20H,3-7H2,1-2H3,(H,18,21). The zero-order valence-corrected chi connectivity index (χ0v) is 14.0. The van der Waals surface area contributed by atoms with Crippen LogP contribution in [0.3, 0.4) is 0 Å². The number of rotatable bonds is 7. The number of amides is 1. The predicted molar refractivity (Wildman–Crippen MR) is 88.8 cm³/mol. The molecular formula is C15H22BrN3O2. The Bertz CT molecular complexity index is 522. The van der Waals surface area contributed by atoms with Gasteiger partial charge in [-0.15, -0.1) is 0 Å². The summed E-state index contributed by atoms with van der Waals surface area (Å²) < 4.78 is 0.973. The van der Waals surface area contributed by atoms with Gasteiger partial charge in [-0.05, 0) is 48.0 Å². The Morgan fingerprint density at radius 3 is 2.81 bits per heavy atom. The first-order chi connectivity index (χ1) is 10.1. The number of aliphatic hydroxyl groups excluding tert-OH is 1. The van der Waals surface area contributed by atoms with E-state index in [4.69, 9.17) is 5.11 Å². The van der Waals surface area contributed by atoms with Crippen molar-refractivity contribution in [2.24, 2.45) is 0 Å². The predicted octanol–water partition coefficient (Wildman–Crippen LogP) is 2.26. The van der Waals surface area contributed by atoms with E-state index in [-0.39, 0.29) is 18.6 Å². The molecule has 0 fully saturated rings. The third kappa shape index (κ3) is 3.39. The molecule has 1 aromatic rings. The van der Waals surface area contributed by atoms with Crippen LogP contribution in [0, 0.1) is 0 Å². The topological polar surface area (TPSA) is 64.6 Å². The van der Waals surface area contributed by atoms with Crippen LogP contribution >= 0.6 is 15.9 Å². The number of nitrogens with zero attached hydrogens (tertiary/aromatic N) is 1. The lowest BCUT2D eigenvalue weighted by molar-refractivity contribution is -0.117. The quantitative estimate of drug-likeness (QED) is 0.701. The second kappa shape index (κ2) is 7.24. The average molecular weight is 356 g/mol. The highest BCUT2D eigenvalue weighted by atomic mass is 79.9. The van der Waals surface area contributed by atoms with Crippen molar-refractivity contribution in [2.45, 2.75) is 26.3 Å². The lowest BCUT2D eigenvalue weighted by Crippen LogP contribution is -2.27. The second-order valence-electron chi connectivity index (χ2n) is 5.03. The molecule has 1 unspecified atom stereocenters. The van der Waals surface area contributed by atoms with Crippen molar-refractivity contribution in [3.8, 4) is 0 Å². The molecule has 0 bridgehead atoms. The Kier molecular flexibility index (Phi) is 5.61. The number of nitrogens with one attached hydrogen (secondary N) is 2. The summed E-state index contributed by atoms with van der Waals surface area (Å²) in [7, 11) is 0. The van der Waals surface area contributed by atoms with Gasteiger partial charge >= 0.3 is 0 Å². The van der Waals surface area contributed by atoms with Gasteiger partial charge in [0.25, 0.3) is 0 Å². The van der Waals surface area contributed by atoms with Crippen LogP contribution in [0.25, 0.3) is 0 Å². The summed E-state index contributed by atoms with van der Waals surface area (Å²) in [5.74, 6) is -0.00527. The Hall–Kier alpha value is -1.11. The van der Waals surface area contributed by atoms with Crippen molar-refractivity contribution in [3.63, 3.8) is 0 Å². The van der Waals surface area contributed by atoms with Crippen LogP contribution in [0.5, 0.6) is 0 Å². The van der Waals surface area contributed by atoms with E-state index < -0.39 is 0 Å². The second-order valence-corrected chi connectivity index (χ2v) is 5.88. The van der Waals surface area contributed by atoms with Gasteiger partial charge < -0.3 is 20.6 Å². The summed E-state index contributed by atoms with van der Waals surface area (Å²) in [5, 5.41) is 15.1. The molecule has 1 heterocycles. The van der Waals surface area contributed by atoms with Crippen molar-refractivity contribution in [1.82, 2.24) is 5.32 Å². The van der Waals surface area contributed by atoms with Crippen LogP contribution in [0.2, 0.25) is 0 Å². The molecule has 0 spiro atoms. The first-order valence-corrected chi connectivity index (χ1v) is 8.15. The zero-order valence-electron chi connectivity index (χ0n) is 12.4. The van der Waals surface area contributed by atoms with E-state index in [9.17, 15) is 4.79 Å². The van der Waals surface area contributed by atoms with Crippen LogP contribution in [0.15, 0.2) is 16.6 Å². The Morgan fingerprint density at radius 2 is 2.19 bits per heavy atom. The van der Waals surface area contributed by atoms with Crippen LogP contribution in [0.1, 0.15) is 31.9 Å². The molecule has 0 aliphatic carbocycles. The molecule has 0 aromatic heterocycles. The maximum Gasteiger partial charge on any atom is 0.246 e. The van der Waals surface area contributed by atoms with Crippen molar-refractivity contribution in [1.29, 1.82) is 0 Å². The molecular weight excluding hydrogens is 334 g/mol. The van der Waals surface area contributed by atoms with E-state index in [0.717, 1.165) is 47.5 Å². The highest BCUT2D eigenvalue weighted by molar-refractivity contribution is 9.10. The summed E-state index contributed by atoms with van der Waals surface area (Å²) in [6, 6.07) is 3.75. The molecule has 2 rings (SSSR count). The zero-order chi connectivity index (χ0) is 15.4. The summed E-state index contributed by atoms with van der Waals surface area (Å²) in [6.45, 7) is 6.63. The van der Waals surface area contributed by atoms with E-state index >= 15 is 0 Å². The van der Waals surface area contributed by atoms with Gasteiger partial charge in [-0.1, -0.05) is 6.92 Å². The van der Waals surface area contributed by atoms with Crippen molar-refractivity contribution in [3.05, 3.63) is 22.2 Å². The van der Waals surface area contributed by atoms with Crippen molar-refractivity contribution in [2.75, 3.05) is 36.5 Å². The summed E-state index contributed by atoms with van der Waals surface area (Å²) in [4.78, 5) is 14.2. The van der Waals surface area contributed by atoms with E-state index in [0.29, 0.717) is 0 Å². The average Bonchev–Trinajstić information content (AvgIpc) is 2.76. The third-order valence-corrected chi connectivity index (χ3v) is 4.30. The van der Waals surface area contributed by atoms with E-state index in [1.54, 1.807) is 0 Å². The molecule has 6 heteroatoms. The largest absolute Gasteiger partial charge is 0.396 e. The van der Waals surface area contributed by atoms with Gasteiger partial charge in [-0.2, -0.15) is 0 Å². The number of anilines is 2. The number of carbonyl (C=O) groups excluding carboxylic acids is 1. The summed E-state index contributed by atoms with van der Waals surface area (Å²) in [6.07, 6.45) is 0.726. The van der Waals surface area contributed by atoms with Gasteiger partial charge in [0, 0.05) is 35.4 Å². The van der Waals surface area contributed by atoms with E-state index in [2.05, 4.69) is 38.4 Å². The summed E-state index contributed by atoms with van der Waals surface area (Å²) in [5.41, 5.74) is 2.89. The summed E-state index contributed by atoms with van der Waals surface area (Å²) >= 11 is 3.61. The van der Waals surface area contributed by atoms with Crippen LogP contribution in [-0.4, -0.2) is 37.3 Å². The Balaban J connectivity index is 2.31. The highest BCUT2D eigenvalue weighted by Crippen LogP contribution is 2.39.